The van der Waals surface area contributed by atoms with E-state index in [1.165, 1.54) is 30.9 Å². The fraction of sp³-hybridized carbons (Fsp3) is 0.429. The third-order valence-corrected chi connectivity index (χ3v) is 9.27. The first-order valence-electron chi connectivity index (χ1n) is 15.6. The molecule has 2 aliphatic carbocycles. The van der Waals surface area contributed by atoms with Crippen LogP contribution in [-0.4, -0.2) is 57.9 Å². The number of nitrogens with zero attached hydrogens (tertiary/aromatic N) is 2. The molecular formula is C35H42N4O5. The van der Waals surface area contributed by atoms with Crippen molar-refractivity contribution < 1.29 is 24.3 Å². The molecule has 0 saturated heterocycles. The van der Waals surface area contributed by atoms with Crippen molar-refractivity contribution in [1.29, 1.82) is 0 Å². The Morgan fingerprint density at radius 2 is 1.66 bits per heavy atom. The van der Waals surface area contributed by atoms with Crippen LogP contribution in [0.2, 0.25) is 0 Å². The lowest BCUT2D eigenvalue weighted by molar-refractivity contribution is -0.131. The lowest BCUT2D eigenvalue weighted by Crippen LogP contribution is -2.55. The third kappa shape index (κ3) is 6.56. The summed E-state index contributed by atoms with van der Waals surface area (Å²) >= 11 is 0. The summed E-state index contributed by atoms with van der Waals surface area (Å²) in [5, 5.41) is 16.0. The molecule has 3 N–H and O–H groups in total. The van der Waals surface area contributed by atoms with E-state index in [0.717, 1.165) is 48.4 Å². The highest BCUT2D eigenvalue weighted by Crippen LogP contribution is 2.40. The summed E-state index contributed by atoms with van der Waals surface area (Å²) in [6.07, 6.45) is 11.2. The van der Waals surface area contributed by atoms with Crippen LogP contribution in [0.3, 0.4) is 0 Å². The number of aromatic nitrogens is 1. The first-order chi connectivity index (χ1) is 21.1. The number of hydrogen-bond acceptors (Lipinski definition) is 4. The summed E-state index contributed by atoms with van der Waals surface area (Å²) in [5.41, 5.74) is 3.91. The average Bonchev–Trinajstić information content (AvgIpc) is 3.59. The molecule has 5 rings (SSSR count). The molecule has 0 radical (unpaired) electrons. The molecule has 232 valence electrons. The van der Waals surface area contributed by atoms with Crippen LogP contribution < -0.4 is 10.6 Å². The van der Waals surface area contributed by atoms with Gasteiger partial charge in [-0.05, 0) is 80.0 Å². The lowest BCUT2D eigenvalue weighted by Gasteiger charge is -2.29. The first-order valence-corrected chi connectivity index (χ1v) is 15.6. The molecule has 9 nitrogen and oxygen atoms in total. The zero-order valence-electron chi connectivity index (χ0n) is 25.8. The smallest absolute Gasteiger partial charge is 0.328 e. The van der Waals surface area contributed by atoms with Crippen LogP contribution in [0.25, 0.3) is 17.0 Å². The molecule has 2 aromatic carbocycles. The molecular weight excluding hydrogens is 556 g/mol. The maximum atomic E-state index is 13.8. The second kappa shape index (κ2) is 13.1. The monoisotopic (exact) mass is 598 g/mol. The molecule has 1 aromatic heterocycles. The predicted molar refractivity (Wildman–Crippen MR) is 172 cm³/mol. The summed E-state index contributed by atoms with van der Waals surface area (Å²) in [6.45, 7) is 2.28. The predicted octanol–water partition coefficient (Wildman–Crippen LogP) is 5.86. The van der Waals surface area contributed by atoms with Crippen LogP contribution in [0.15, 0.2) is 48.5 Å². The van der Waals surface area contributed by atoms with Gasteiger partial charge in [0.1, 0.15) is 12.1 Å². The molecule has 3 aromatic rings. The first kappa shape index (κ1) is 31.0. The number of fused-ring (bicyclic) bond motifs is 1. The quantitative estimate of drug-likeness (QED) is 0.266. The van der Waals surface area contributed by atoms with Crippen molar-refractivity contribution in [3.05, 3.63) is 70.9 Å². The van der Waals surface area contributed by atoms with Gasteiger partial charge in [0.05, 0.1) is 0 Å². The molecule has 2 aliphatic rings. The fourth-order valence-corrected chi connectivity index (χ4v) is 6.80. The van der Waals surface area contributed by atoms with Crippen LogP contribution in [-0.2, 0) is 20.9 Å². The molecule has 0 bridgehead atoms. The number of likely N-dealkylation sites (N-methyl/N-ethyl adjacent to an activating group) is 1. The number of amides is 3. The van der Waals surface area contributed by atoms with Crippen LogP contribution in [0, 0.1) is 6.92 Å². The molecule has 1 heterocycles. The van der Waals surface area contributed by atoms with Gasteiger partial charge in [-0.1, -0.05) is 50.3 Å². The molecule has 9 heteroatoms. The maximum Gasteiger partial charge on any atom is 0.328 e. The van der Waals surface area contributed by atoms with Crippen LogP contribution in [0.5, 0.6) is 0 Å². The van der Waals surface area contributed by atoms with Gasteiger partial charge in [0.15, 0.2) is 0 Å². The van der Waals surface area contributed by atoms with E-state index in [4.69, 9.17) is 5.11 Å². The second-order valence-corrected chi connectivity index (χ2v) is 12.4. The van der Waals surface area contributed by atoms with E-state index in [1.54, 1.807) is 43.3 Å². The van der Waals surface area contributed by atoms with E-state index in [9.17, 15) is 19.2 Å². The summed E-state index contributed by atoms with van der Waals surface area (Å²) in [6, 6.07) is 12.6. The molecule has 0 unspecified atom stereocenters. The van der Waals surface area contributed by atoms with Crippen LogP contribution in [0.1, 0.15) is 90.9 Å². The largest absolute Gasteiger partial charge is 0.478 e. The molecule has 2 saturated carbocycles. The van der Waals surface area contributed by atoms with Crippen molar-refractivity contribution in [2.45, 2.75) is 82.7 Å². The van der Waals surface area contributed by atoms with Crippen molar-refractivity contribution in [3.8, 4) is 0 Å². The van der Waals surface area contributed by atoms with Crippen LogP contribution >= 0.6 is 0 Å². The summed E-state index contributed by atoms with van der Waals surface area (Å²) in [5.74, 6) is -1.19. The summed E-state index contributed by atoms with van der Waals surface area (Å²) in [7, 11) is 3.50. The van der Waals surface area contributed by atoms with Gasteiger partial charge < -0.3 is 25.2 Å². The Morgan fingerprint density at radius 3 is 2.30 bits per heavy atom. The van der Waals surface area contributed by atoms with E-state index in [-0.39, 0.29) is 24.3 Å². The van der Waals surface area contributed by atoms with E-state index < -0.39 is 11.5 Å². The molecule has 3 amide bonds. The molecule has 2 fully saturated rings. The van der Waals surface area contributed by atoms with Gasteiger partial charge in [-0.3, -0.25) is 14.4 Å². The average molecular weight is 599 g/mol. The Hall–Kier alpha value is -4.40. The highest BCUT2D eigenvalue weighted by Gasteiger charge is 2.42. The highest BCUT2D eigenvalue weighted by molar-refractivity contribution is 6.05. The van der Waals surface area contributed by atoms with E-state index in [1.807, 2.05) is 22.8 Å². The third-order valence-electron chi connectivity index (χ3n) is 9.27. The topological polar surface area (TPSA) is 121 Å². The van der Waals surface area contributed by atoms with Gasteiger partial charge in [-0.15, -0.1) is 0 Å². The number of benzene rings is 2. The number of carbonyl (C=O) groups excluding carboxylic acids is 3. The van der Waals surface area contributed by atoms with Crippen molar-refractivity contribution >= 4 is 46.4 Å². The van der Waals surface area contributed by atoms with Crippen LogP contribution in [0.4, 0.5) is 5.69 Å². The molecule has 0 spiro atoms. The van der Waals surface area contributed by atoms with Crippen molar-refractivity contribution in [3.63, 3.8) is 0 Å². The molecule has 44 heavy (non-hydrogen) atoms. The number of anilines is 1. The van der Waals surface area contributed by atoms with Gasteiger partial charge >= 0.3 is 5.97 Å². The number of aliphatic carboxylic acids is 1. The van der Waals surface area contributed by atoms with Crippen molar-refractivity contribution in [1.82, 2.24) is 14.8 Å². The van der Waals surface area contributed by atoms with Gasteiger partial charge in [-0.2, -0.15) is 0 Å². The number of carbonyl (C=O) groups is 4. The standard InChI is InChI=1S/C35H42N4O5/c1-23-32(25-9-5-4-6-10-25)28-17-14-26(21-29(28)39(23)22-30(40)38(2)3)33(43)37-35(19-7-8-20-35)34(44)36-27-15-11-24(12-16-27)13-18-31(41)42/h11-18,21,25H,4-10,19-20,22H2,1-3H3,(H,36,44)(H,37,43)(H,41,42)/b18-13+. The van der Waals surface area contributed by atoms with Gasteiger partial charge in [0.2, 0.25) is 11.8 Å². The van der Waals surface area contributed by atoms with E-state index in [0.29, 0.717) is 35.6 Å². The van der Waals surface area contributed by atoms with Gasteiger partial charge in [0, 0.05) is 48.0 Å². The zero-order valence-corrected chi connectivity index (χ0v) is 25.8. The highest BCUT2D eigenvalue weighted by atomic mass is 16.4. The van der Waals surface area contributed by atoms with Gasteiger partial charge in [-0.25, -0.2) is 4.79 Å². The summed E-state index contributed by atoms with van der Waals surface area (Å²) < 4.78 is 2.05. The Kier molecular flexibility index (Phi) is 9.22. The Bertz CT molecular complexity index is 1590. The number of rotatable bonds is 9. The normalized spacial score (nSPS) is 16.7. The Balaban J connectivity index is 1.41. The second-order valence-electron chi connectivity index (χ2n) is 12.4. The number of hydrogen-bond donors (Lipinski definition) is 3. The number of nitrogens with one attached hydrogen (secondary N) is 2. The number of carboxylic acid groups (broad SMARTS) is 1. The minimum absolute atomic E-state index is 0.0115. The van der Waals surface area contributed by atoms with Crippen molar-refractivity contribution in [2.75, 3.05) is 19.4 Å². The SMILES string of the molecule is Cc1c(C2CCCCC2)c2ccc(C(=O)NC3(C(=O)Nc4ccc(/C=C/C(=O)O)cc4)CCCC3)cc2n1CC(=O)N(C)C. The van der Waals surface area contributed by atoms with E-state index in [2.05, 4.69) is 17.6 Å². The van der Waals surface area contributed by atoms with Gasteiger partial charge in [0.25, 0.3) is 5.91 Å². The van der Waals surface area contributed by atoms with Crippen molar-refractivity contribution in [2.24, 2.45) is 0 Å². The minimum atomic E-state index is -1.04. The lowest BCUT2D eigenvalue weighted by atomic mass is 9.83. The Labute approximate surface area is 258 Å². The number of carboxylic acids is 1. The summed E-state index contributed by atoms with van der Waals surface area (Å²) in [4.78, 5) is 52.6. The molecule has 0 aliphatic heterocycles. The fourth-order valence-electron chi connectivity index (χ4n) is 6.80. The molecule has 0 atom stereocenters. The minimum Gasteiger partial charge on any atom is -0.478 e. The Morgan fingerprint density at radius 1 is 0.977 bits per heavy atom. The zero-order chi connectivity index (χ0) is 31.4. The van der Waals surface area contributed by atoms with E-state index >= 15 is 0 Å². The maximum absolute atomic E-state index is 13.8.